The maximum atomic E-state index is 17.6. The fourth-order valence-corrected chi connectivity index (χ4v) is 16.5. The zero-order valence-electron chi connectivity index (χ0n) is 41.0. The van der Waals surface area contributed by atoms with Gasteiger partial charge in [0.15, 0.2) is 12.6 Å². The highest BCUT2D eigenvalue weighted by Gasteiger charge is 2.54. The number of amides is 1. The van der Waals surface area contributed by atoms with Crippen LogP contribution < -0.4 is 24.7 Å². The molecule has 2 unspecified atom stereocenters. The van der Waals surface area contributed by atoms with Crippen LogP contribution in [0.5, 0.6) is 11.8 Å². The summed E-state index contributed by atoms with van der Waals surface area (Å²) in [6, 6.07) is 33.3. The Morgan fingerprint density at radius 3 is 2.17 bits per heavy atom. The number of nitrogens with zero attached hydrogens (tertiary/aromatic N) is 6. The lowest BCUT2D eigenvalue weighted by molar-refractivity contribution is 0.0122. The van der Waals surface area contributed by atoms with Crippen LogP contribution in [0.1, 0.15) is 80.1 Å². The van der Waals surface area contributed by atoms with E-state index in [0.717, 1.165) is 55.8 Å². The number of benzene rings is 4. The molecule has 10 rings (SSSR count). The van der Waals surface area contributed by atoms with E-state index in [0.29, 0.717) is 48.8 Å². The van der Waals surface area contributed by atoms with Crippen LogP contribution in [0, 0.1) is 5.82 Å². The minimum absolute atomic E-state index is 0.0410. The third-order valence-electron chi connectivity index (χ3n) is 14.9. The zero-order valence-corrected chi connectivity index (χ0v) is 42.0. The minimum Gasteiger partial charge on any atom is -0.468 e. The number of methoxy groups -OCH3 is 1. The maximum Gasteiger partial charge on any atom is 0.410 e. The molecular formula is C55H65FN6O6Si. The summed E-state index contributed by atoms with van der Waals surface area (Å²) in [6.07, 6.45) is 6.95. The summed E-state index contributed by atoms with van der Waals surface area (Å²) in [6.45, 7) is 15.6. The van der Waals surface area contributed by atoms with Gasteiger partial charge in [0.25, 0.3) is 8.32 Å². The van der Waals surface area contributed by atoms with Gasteiger partial charge in [0.05, 0.1) is 29.6 Å². The standard InChI is InChI=1S/C55H65FN6O6Si/c1-53(2,3)68-52(63)62-38-23-24-39(62)33-60(32-38)50-46-31-57-48(45-30-41(66-36-64-7)29-37-17-14-15-22-44(37)45)47(56)49(46)58-51(59-50)65-35-55-26-16-28-61(55)40(25-27-55)34-67-69(54(4,5)6,42-18-10-8-11-19-42)43-20-12-9-13-21-43/h8-15,17-22,29-31,38-40H,16,23-28,32-36H2,1-7H3/t38?,39?,40-,55-/m1/s1. The van der Waals surface area contributed by atoms with Gasteiger partial charge in [-0.1, -0.05) is 106 Å². The van der Waals surface area contributed by atoms with Crippen LogP contribution in [0.4, 0.5) is 15.0 Å². The maximum absolute atomic E-state index is 17.6. The summed E-state index contributed by atoms with van der Waals surface area (Å²) in [4.78, 5) is 35.0. The Kier molecular flexibility index (Phi) is 12.7. The van der Waals surface area contributed by atoms with Crippen molar-refractivity contribution in [3.63, 3.8) is 0 Å². The molecule has 6 aromatic rings. The first-order valence-corrected chi connectivity index (χ1v) is 26.5. The van der Waals surface area contributed by atoms with Crippen molar-refractivity contribution in [1.82, 2.24) is 24.8 Å². The van der Waals surface area contributed by atoms with Gasteiger partial charge >= 0.3 is 12.1 Å². The molecule has 4 aliphatic heterocycles. The molecule has 0 aliphatic carbocycles. The van der Waals surface area contributed by atoms with Crippen molar-refractivity contribution in [1.29, 1.82) is 0 Å². The number of fused-ring (bicyclic) bond motifs is 5. The van der Waals surface area contributed by atoms with E-state index in [4.69, 9.17) is 38.3 Å². The number of aromatic nitrogens is 3. The lowest BCUT2D eigenvalue weighted by Crippen LogP contribution is -2.67. The smallest absolute Gasteiger partial charge is 0.410 e. The first kappa shape index (κ1) is 47.0. The van der Waals surface area contributed by atoms with Crippen molar-refractivity contribution in [2.45, 2.75) is 114 Å². The Labute approximate surface area is 406 Å². The van der Waals surface area contributed by atoms with Crippen LogP contribution in [0.3, 0.4) is 0 Å². The van der Waals surface area contributed by atoms with E-state index in [1.54, 1.807) is 19.4 Å². The molecule has 14 heteroatoms. The molecule has 0 spiro atoms. The van der Waals surface area contributed by atoms with Crippen molar-refractivity contribution in [3.8, 4) is 23.0 Å². The SMILES string of the molecule is COCOc1cc(-c2ncc3c(N4CC5CCC(C4)N5C(=O)OC(C)(C)C)nc(OC[C@]45CCCN4[C@@H](CO[Si](c4ccccc4)(c4ccccc4)C(C)(C)C)CC5)nc3c2F)c2ccccc2c1. The molecule has 4 fully saturated rings. The number of hydrogen-bond acceptors (Lipinski definition) is 11. The molecule has 4 atom stereocenters. The van der Waals surface area contributed by atoms with Crippen molar-refractivity contribution in [2.75, 3.05) is 51.7 Å². The Morgan fingerprint density at radius 1 is 0.826 bits per heavy atom. The third-order valence-corrected chi connectivity index (χ3v) is 19.9. The van der Waals surface area contributed by atoms with E-state index >= 15 is 4.39 Å². The zero-order chi connectivity index (χ0) is 48.1. The number of ether oxygens (including phenoxy) is 4. The Morgan fingerprint density at radius 2 is 1.51 bits per heavy atom. The number of carbonyl (C=O) groups excluding carboxylic acids is 1. The van der Waals surface area contributed by atoms with Gasteiger partial charge in [-0.05, 0) is 104 Å². The largest absolute Gasteiger partial charge is 0.468 e. The van der Waals surface area contributed by atoms with E-state index in [1.165, 1.54) is 10.4 Å². The van der Waals surface area contributed by atoms with Crippen molar-refractivity contribution < 1.29 is 32.6 Å². The van der Waals surface area contributed by atoms with Crippen molar-refractivity contribution >= 4 is 52.3 Å². The molecule has 2 bridgehead atoms. The Bertz CT molecular complexity index is 2770. The molecule has 4 aromatic carbocycles. The molecule has 0 radical (unpaired) electrons. The number of rotatable bonds is 13. The molecule has 0 saturated carbocycles. The number of hydrogen-bond donors (Lipinski definition) is 0. The molecule has 6 heterocycles. The summed E-state index contributed by atoms with van der Waals surface area (Å²) >= 11 is 0. The normalized spacial score (nSPS) is 21.8. The van der Waals surface area contributed by atoms with Gasteiger partial charge in [-0.3, -0.25) is 14.8 Å². The Balaban J connectivity index is 0.983. The van der Waals surface area contributed by atoms with Crippen LogP contribution in [0.15, 0.2) is 103 Å². The predicted octanol–water partition coefficient (Wildman–Crippen LogP) is 9.51. The second-order valence-electron chi connectivity index (χ2n) is 21.4. The van der Waals surface area contributed by atoms with Crippen LogP contribution >= 0.6 is 0 Å². The summed E-state index contributed by atoms with van der Waals surface area (Å²) in [5, 5.41) is 4.58. The fraction of sp³-hybridized carbons (Fsp3) is 0.455. The first-order valence-electron chi connectivity index (χ1n) is 24.6. The number of carbonyl (C=O) groups is 1. The van der Waals surface area contributed by atoms with Gasteiger partial charge in [0, 0.05) is 38.0 Å². The van der Waals surface area contributed by atoms with Crippen LogP contribution in [0.2, 0.25) is 5.04 Å². The summed E-state index contributed by atoms with van der Waals surface area (Å²) in [5.74, 6) is 0.497. The molecule has 2 aromatic heterocycles. The molecule has 12 nitrogen and oxygen atoms in total. The van der Waals surface area contributed by atoms with Gasteiger partial charge in [-0.15, -0.1) is 0 Å². The highest BCUT2D eigenvalue weighted by atomic mass is 28.4. The topological polar surface area (TPSA) is 112 Å². The molecule has 1 amide bonds. The molecule has 4 saturated heterocycles. The summed E-state index contributed by atoms with van der Waals surface area (Å²) < 4.78 is 48.9. The minimum atomic E-state index is -2.76. The lowest BCUT2D eigenvalue weighted by atomic mass is 9.95. The van der Waals surface area contributed by atoms with Crippen LogP contribution in [-0.2, 0) is 13.9 Å². The number of piperazine rings is 1. The van der Waals surface area contributed by atoms with Gasteiger partial charge in [0.1, 0.15) is 35.0 Å². The molecule has 69 heavy (non-hydrogen) atoms. The highest BCUT2D eigenvalue weighted by Crippen LogP contribution is 2.45. The second kappa shape index (κ2) is 18.6. The third kappa shape index (κ3) is 8.82. The number of anilines is 1. The average molecular weight is 953 g/mol. The van der Waals surface area contributed by atoms with E-state index in [1.807, 2.05) is 56.0 Å². The first-order chi connectivity index (χ1) is 33.2. The van der Waals surface area contributed by atoms with Crippen LogP contribution in [0.25, 0.3) is 32.9 Å². The van der Waals surface area contributed by atoms with Gasteiger partial charge in [-0.25, -0.2) is 9.18 Å². The highest BCUT2D eigenvalue weighted by molar-refractivity contribution is 6.99. The van der Waals surface area contributed by atoms with E-state index in [-0.39, 0.29) is 58.8 Å². The predicted molar refractivity (Wildman–Crippen MR) is 271 cm³/mol. The van der Waals surface area contributed by atoms with E-state index in [9.17, 15) is 4.79 Å². The second-order valence-corrected chi connectivity index (χ2v) is 25.7. The van der Waals surface area contributed by atoms with Crippen LogP contribution in [-0.4, -0.2) is 115 Å². The van der Waals surface area contributed by atoms with Crippen molar-refractivity contribution in [3.05, 3.63) is 109 Å². The average Bonchev–Trinajstić information content (AvgIpc) is 3.99. The van der Waals surface area contributed by atoms with Gasteiger partial charge in [-0.2, -0.15) is 9.97 Å². The summed E-state index contributed by atoms with van der Waals surface area (Å²) in [7, 11) is -1.19. The molecule has 4 aliphatic rings. The molecular weight excluding hydrogens is 888 g/mol. The monoisotopic (exact) mass is 952 g/mol. The number of halogens is 1. The quantitative estimate of drug-likeness (QED) is 0.0816. The van der Waals surface area contributed by atoms with Gasteiger partial charge in [0.2, 0.25) is 0 Å². The Hall–Kier alpha value is -5.67. The molecule has 362 valence electrons. The fourth-order valence-electron chi connectivity index (χ4n) is 11.9. The van der Waals surface area contributed by atoms with E-state index in [2.05, 4.69) is 91.2 Å². The number of pyridine rings is 1. The lowest BCUT2D eigenvalue weighted by Gasteiger charge is -2.44. The summed E-state index contributed by atoms with van der Waals surface area (Å²) in [5.41, 5.74) is -0.0264. The van der Waals surface area contributed by atoms with E-state index < -0.39 is 19.7 Å². The molecule has 0 N–H and O–H groups in total. The van der Waals surface area contributed by atoms with Crippen molar-refractivity contribution in [2.24, 2.45) is 0 Å². The van der Waals surface area contributed by atoms with Gasteiger partial charge < -0.3 is 28.3 Å².